The van der Waals surface area contributed by atoms with Gasteiger partial charge in [-0.15, -0.1) is 16.4 Å². The van der Waals surface area contributed by atoms with E-state index in [9.17, 15) is 9.90 Å². The van der Waals surface area contributed by atoms with Gasteiger partial charge in [0.05, 0.1) is 11.6 Å². The highest BCUT2D eigenvalue weighted by molar-refractivity contribution is 7.13. The predicted octanol–water partition coefficient (Wildman–Crippen LogP) is 1.05. The van der Waals surface area contributed by atoms with Gasteiger partial charge in [-0.3, -0.25) is 0 Å². The number of carboxylic acid groups (broad SMARTS) is 1. The van der Waals surface area contributed by atoms with Crippen LogP contribution in [0.5, 0.6) is 5.75 Å². The number of nitrogen functional groups attached to an aromatic ring is 1. The van der Waals surface area contributed by atoms with Gasteiger partial charge < -0.3 is 31.1 Å². The zero-order chi connectivity index (χ0) is 24.4. The summed E-state index contributed by atoms with van der Waals surface area (Å²) in [7, 11) is 0. The molecule has 1 atom stereocenters. The van der Waals surface area contributed by atoms with Gasteiger partial charge in [0.15, 0.2) is 17.0 Å². The summed E-state index contributed by atoms with van der Waals surface area (Å²) in [5, 5.41) is 34.0. The van der Waals surface area contributed by atoms with Gasteiger partial charge in [0.25, 0.3) is 0 Å². The molecule has 0 bridgehead atoms. The Morgan fingerprint density at radius 1 is 1.34 bits per heavy atom. The van der Waals surface area contributed by atoms with Crippen molar-refractivity contribution in [1.82, 2.24) is 35.7 Å². The van der Waals surface area contributed by atoms with Crippen LogP contribution in [-0.2, 0) is 9.63 Å². The Morgan fingerprint density at radius 2 is 2.20 bits per heavy atom. The van der Waals surface area contributed by atoms with E-state index in [0.717, 1.165) is 46.1 Å². The van der Waals surface area contributed by atoms with Crippen molar-refractivity contribution in [3.8, 4) is 5.75 Å². The van der Waals surface area contributed by atoms with Crippen LogP contribution in [0.3, 0.4) is 0 Å². The molecule has 35 heavy (non-hydrogen) atoms. The van der Waals surface area contributed by atoms with Gasteiger partial charge >= 0.3 is 5.97 Å². The highest BCUT2D eigenvalue weighted by Gasteiger charge is 2.20. The van der Waals surface area contributed by atoms with Gasteiger partial charge in [0, 0.05) is 28.8 Å². The highest BCUT2D eigenvalue weighted by atomic mass is 32.1. The van der Waals surface area contributed by atoms with Crippen LogP contribution in [0.1, 0.15) is 24.5 Å². The molecule has 0 radical (unpaired) electrons. The first-order valence-electron chi connectivity index (χ1n) is 10.5. The molecule has 4 aromatic rings. The Kier molecular flexibility index (Phi) is 6.07. The summed E-state index contributed by atoms with van der Waals surface area (Å²) in [4.78, 5) is 31.8. The molecule has 14 nitrogen and oxygen atoms in total. The summed E-state index contributed by atoms with van der Waals surface area (Å²) < 4.78 is 0. The average molecular weight is 497 g/mol. The first-order chi connectivity index (χ1) is 16.9. The third-order valence-corrected chi connectivity index (χ3v) is 5.70. The number of carbonyl (C=O) groups is 1. The molecule has 180 valence electrons. The van der Waals surface area contributed by atoms with Gasteiger partial charge in [0.1, 0.15) is 11.5 Å². The van der Waals surface area contributed by atoms with Crippen molar-refractivity contribution in [3.63, 3.8) is 0 Å². The van der Waals surface area contributed by atoms with E-state index >= 15 is 0 Å². The van der Waals surface area contributed by atoms with Gasteiger partial charge in [0.2, 0.25) is 11.5 Å². The first-order valence-corrected chi connectivity index (χ1v) is 11.4. The van der Waals surface area contributed by atoms with Crippen LogP contribution in [0.15, 0.2) is 40.9 Å². The molecule has 5 N–H and O–H groups in total. The smallest absolute Gasteiger partial charge is 0.360 e. The zero-order valence-electron chi connectivity index (χ0n) is 18.3. The van der Waals surface area contributed by atoms with Crippen LogP contribution in [-0.4, -0.2) is 66.3 Å². The van der Waals surface area contributed by atoms with E-state index in [0.29, 0.717) is 11.8 Å². The van der Waals surface area contributed by atoms with Crippen LogP contribution in [0, 0.1) is 0 Å². The first kappa shape index (κ1) is 22.4. The van der Waals surface area contributed by atoms with E-state index in [1.807, 2.05) is 24.3 Å². The minimum atomic E-state index is -1.31. The van der Waals surface area contributed by atoms with Crippen molar-refractivity contribution >= 4 is 44.9 Å². The van der Waals surface area contributed by atoms with Crippen molar-refractivity contribution < 1.29 is 19.6 Å². The number of hydrogen-bond donors (Lipinski definition) is 4. The van der Waals surface area contributed by atoms with Crippen LogP contribution < -0.4 is 21.2 Å². The number of thiazole rings is 1. The van der Waals surface area contributed by atoms with E-state index in [4.69, 9.17) is 15.4 Å². The Bertz CT molecular complexity index is 1400. The molecule has 0 spiro atoms. The summed E-state index contributed by atoms with van der Waals surface area (Å²) in [6.07, 6.45) is -0.810. The number of hydrogen-bond acceptors (Lipinski definition) is 13. The number of aliphatic carboxylic acids is 1. The monoisotopic (exact) mass is 496 g/mol. The molecule has 1 saturated heterocycles. The fourth-order valence-corrected chi connectivity index (χ4v) is 3.67. The zero-order valence-corrected chi connectivity index (χ0v) is 19.1. The van der Waals surface area contributed by atoms with Crippen LogP contribution in [0.25, 0.3) is 10.9 Å². The molecule has 0 amide bonds. The molecule has 1 fully saturated rings. The lowest BCUT2D eigenvalue weighted by atomic mass is 10.1. The molecule has 0 saturated carbocycles. The lowest BCUT2D eigenvalue weighted by molar-refractivity contribution is -0.129. The summed E-state index contributed by atoms with van der Waals surface area (Å²) >= 11 is 1.09. The Labute approximate surface area is 201 Å². The van der Waals surface area contributed by atoms with Gasteiger partial charge in [-0.25, -0.2) is 14.8 Å². The number of fused-ring (bicyclic) bond motifs is 1. The average Bonchev–Trinajstić information content (AvgIpc) is 3.45. The van der Waals surface area contributed by atoms with E-state index < -0.39 is 12.1 Å². The standard InChI is InChI=1S/C20H20N10O4S/c1-10(33-28-17(19(31)32)15-9-35-20(21)25-15)18-26-29-30(27-18)34-13-3-4-14-11(6-13)2-5-16(24-14)23-12-7-22-8-12/h2-6,9-10,12,22H,7-8H2,1H3,(H2,21,25)(H,23,24)(H,31,32)/b28-17-. The number of nitrogens with zero attached hydrogens (tertiary/aromatic N) is 7. The number of anilines is 2. The van der Waals surface area contributed by atoms with Crippen molar-refractivity contribution in [3.05, 3.63) is 47.2 Å². The maximum absolute atomic E-state index is 11.5. The molecule has 3 aromatic heterocycles. The molecule has 4 heterocycles. The molecular formula is C20H20N10O4S. The second kappa shape index (κ2) is 9.47. The normalized spacial score (nSPS) is 14.9. The third kappa shape index (κ3) is 5.10. The SMILES string of the molecule is CC(O/N=C(\C(=O)O)c1csc(N)n1)c1nnn(Oc2ccc3nc(NC4CNC4)ccc3c2)n1. The van der Waals surface area contributed by atoms with Crippen LogP contribution in [0.4, 0.5) is 10.9 Å². The van der Waals surface area contributed by atoms with Crippen molar-refractivity contribution in [2.75, 3.05) is 24.1 Å². The topological polar surface area (TPSA) is 188 Å². The molecular weight excluding hydrogens is 476 g/mol. The summed E-state index contributed by atoms with van der Waals surface area (Å²) in [6.45, 7) is 3.45. The lowest BCUT2D eigenvalue weighted by Gasteiger charge is -2.28. The fourth-order valence-electron chi connectivity index (χ4n) is 3.12. The Balaban J connectivity index is 1.24. The minimum absolute atomic E-state index is 0.0980. The van der Waals surface area contributed by atoms with E-state index in [-0.39, 0.29) is 22.4 Å². The Hall–Kier alpha value is -4.37. The third-order valence-electron chi connectivity index (χ3n) is 5.03. The van der Waals surface area contributed by atoms with E-state index in [1.165, 1.54) is 5.38 Å². The maximum atomic E-state index is 11.5. The second-order valence-electron chi connectivity index (χ2n) is 7.61. The molecule has 1 aliphatic heterocycles. The molecule has 1 aromatic carbocycles. The van der Waals surface area contributed by atoms with Crippen LogP contribution in [0.2, 0.25) is 0 Å². The van der Waals surface area contributed by atoms with E-state index in [1.54, 1.807) is 13.0 Å². The van der Waals surface area contributed by atoms with Gasteiger partial charge in [-0.2, -0.15) is 0 Å². The number of rotatable bonds is 9. The van der Waals surface area contributed by atoms with Crippen molar-refractivity contribution in [2.24, 2.45) is 5.16 Å². The largest absolute Gasteiger partial charge is 0.476 e. The molecule has 1 aliphatic rings. The number of nitrogens with one attached hydrogen (secondary N) is 2. The summed E-state index contributed by atoms with van der Waals surface area (Å²) in [5.41, 5.74) is 6.08. The van der Waals surface area contributed by atoms with E-state index in [2.05, 4.69) is 41.2 Å². The highest BCUT2D eigenvalue weighted by Crippen LogP contribution is 2.22. The number of benzene rings is 1. The van der Waals surface area contributed by atoms with Gasteiger partial charge in [-0.1, -0.05) is 10.3 Å². The second-order valence-corrected chi connectivity index (χ2v) is 8.50. The van der Waals surface area contributed by atoms with Crippen molar-refractivity contribution in [2.45, 2.75) is 19.1 Å². The molecule has 1 unspecified atom stereocenters. The number of nitrogens with two attached hydrogens (primary N) is 1. The minimum Gasteiger partial charge on any atom is -0.476 e. The Morgan fingerprint density at radius 3 is 2.91 bits per heavy atom. The number of tetrazole rings is 1. The fraction of sp³-hybridized carbons (Fsp3) is 0.250. The molecule has 0 aliphatic carbocycles. The number of oxime groups is 1. The van der Waals surface area contributed by atoms with Crippen molar-refractivity contribution in [1.29, 1.82) is 0 Å². The summed E-state index contributed by atoms with van der Waals surface area (Å²) in [6, 6.07) is 9.66. The maximum Gasteiger partial charge on any atom is 0.360 e. The molecule has 5 rings (SSSR count). The molecule has 15 heteroatoms. The van der Waals surface area contributed by atoms with Gasteiger partial charge in [-0.05, 0) is 42.5 Å². The lowest BCUT2D eigenvalue weighted by Crippen LogP contribution is -2.51. The predicted molar refractivity (Wildman–Crippen MR) is 126 cm³/mol. The van der Waals surface area contributed by atoms with Crippen LogP contribution >= 0.6 is 11.3 Å². The quantitative estimate of drug-likeness (QED) is 0.191. The number of carboxylic acids is 1. The summed E-state index contributed by atoms with van der Waals surface area (Å²) in [5.74, 6) is 0.130. The number of aromatic nitrogens is 6. The number of pyridine rings is 1.